The van der Waals surface area contributed by atoms with Crippen molar-refractivity contribution in [1.82, 2.24) is 15.2 Å². The third-order valence-corrected chi connectivity index (χ3v) is 6.24. The molecular formula is C21H25N3O3S. The Labute approximate surface area is 168 Å². The second kappa shape index (κ2) is 8.84. The topological polar surface area (TPSA) is 71.5 Å². The van der Waals surface area contributed by atoms with Crippen molar-refractivity contribution in [3.05, 3.63) is 41.4 Å². The first-order valence-electron chi connectivity index (χ1n) is 9.92. The lowest BCUT2D eigenvalue weighted by Crippen LogP contribution is -2.49. The van der Waals surface area contributed by atoms with E-state index in [0.717, 1.165) is 41.9 Å². The predicted octanol–water partition coefficient (Wildman–Crippen LogP) is 2.64. The van der Waals surface area contributed by atoms with E-state index < -0.39 is 0 Å². The summed E-state index contributed by atoms with van der Waals surface area (Å²) in [4.78, 5) is 31.6. The van der Waals surface area contributed by atoms with Crippen LogP contribution < -0.4 is 5.32 Å². The van der Waals surface area contributed by atoms with Crippen molar-refractivity contribution in [2.75, 3.05) is 19.7 Å². The van der Waals surface area contributed by atoms with Crippen molar-refractivity contribution >= 4 is 23.2 Å². The number of nitrogens with zero attached hydrogens (tertiary/aromatic N) is 2. The lowest BCUT2D eigenvalue weighted by atomic mass is 10.1. The molecule has 2 fully saturated rings. The predicted molar refractivity (Wildman–Crippen MR) is 108 cm³/mol. The molecule has 148 valence electrons. The van der Waals surface area contributed by atoms with Crippen LogP contribution >= 0.6 is 11.3 Å². The van der Waals surface area contributed by atoms with Crippen LogP contribution in [0.4, 0.5) is 0 Å². The van der Waals surface area contributed by atoms with Crippen molar-refractivity contribution in [1.29, 1.82) is 0 Å². The van der Waals surface area contributed by atoms with E-state index in [-0.39, 0.29) is 24.0 Å². The van der Waals surface area contributed by atoms with Gasteiger partial charge in [0.2, 0.25) is 5.91 Å². The van der Waals surface area contributed by atoms with Crippen LogP contribution in [0.5, 0.6) is 0 Å². The van der Waals surface area contributed by atoms with Gasteiger partial charge >= 0.3 is 0 Å². The van der Waals surface area contributed by atoms with Gasteiger partial charge in [-0.15, -0.1) is 11.3 Å². The van der Waals surface area contributed by atoms with Gasteiger partial charge in [-0.05, 0) is 25.7 Å². The summed E-state index contributed by atoms with van der Waals surface area (Å²) in [7, 11) is 0. The molecule has 2 atom stereocenters. The van der Waals surface area contributed by atoms with Gasteiger partial charge in [-0.1, -0.05) is 30.3 Å². The van der Waals surface area contributed by atoms with E-state index in [1.54, 1.807) is 16.2 Å². The van der Waals surface area contributed by atoms with E-state index in [1.807, 2.05) is 35.7 Å². The molecule has 2 amide bonds. The van der Waals surface area contributed by atoms with E-state index in [1.165, 1.54) is 0 Å². The molecule has 2 aliphatic rings. The summed E-state index contributed by atoms with van der Waals surface area (Å²) < 4.78 is 5.50. The third-order valence-electron chi connectivity index (χ3n) is 5.30. The molecule has 4 rings (SSSR count). The molecule has 0 saturated carbocycles. The Balaban J connectivity index is 1.28. The lowest BCUT2D eigenvalue weighted by Gasteiger charge is -2.26. The first kappa shape index (κ1) is 19.1. The Bertz CT molecular complexity index is 817. The Morgan fingerprint density at radius 2 is 2.07 bits per heavy atom. The summed E-state index contributed by atoms with van der Waals surface area (Å²) in [6, 6.07) is 9.72. The molecule has 0 aliphatic carbocycles. The average Bonchev–Trinajstić information content (AvgIpc) is 3.49. The molecule has 2 aliphatic heterocycles. The monoisotopic (exact) mass is 399 g/mol. The average molecular weight is 400 g/mol. The Hall–Kier alpha value is -2.25. The van der Waals surface area contributed by atoms with Gasteiger partial charge in [0.25, 0.3) is 5.91 Å². The largest absolute Gasteiger partial charge is 0.368 e. The van der Waals surface area contributed by atoms with Crippen LogP contribution in [0.2, 0.25) is 0 Å². The number of amides is 2. The number of ether oxygens (including phenoxy) is 1. The molecule has 0 radical (unpaired) electrons. The van der Waals surface area contributed by atoms with Crippen molar-refractivity contribution in [2.45, 2.75) is 44.2 Å². The highest BCUT2D eigenvalue weighted by atomic mass is 32.1. The number of hydrogen-bond acceptors (Lipinski definition) is 5. The minimum Gasteiger partial charge on any atom is -0.368 e. The Morgan fingerprint density at radius 1 is 1.21 bits per heavy atom. The molecule has 1 unspecified atom stereocenters. The van der Waals surface area contributed by atoms with Crippen LogP contribution in [0, 0.1) is 0 Å². The molecule has 1 N–H and O–H groups in total. The molecule has 0 spiro atoms. The third kappa shape index (κ3) is 4.25. The highest BCUT2D eigenvalue weighted by Crippen LogP contribution is 2.24. The number of thiazole rings is 1. The van der Waals surface area contributed by atoms with Crippen LogP contribution in [-0.4, -0.2) is 53.5 Å². The first-order chi connectivity index (χ1) is 13.7. The summed E-state index contributed by atoms with van der Waals surface area (Å²) in [6.45, 7) is 1.80. The van der Waals surface area contributed by atoms with Gasteiger partial charge in [0.15, 0.2) is 0 Å². The maximum absolute atomic E-state index is 12.6. The summed E-state index contributed by atoms with van der Waals surface area (Å²) in [5.41, 5.74) is 2.08. The molecule has 1 aromatic heterocycles. The van der Waals surface area contributed by atoms with Gasteiger partial charge in [-0.3, -0.25) is 9.59 Å². The second-order valence-electron chi connectivity index (χ2n) is 7.24. The zero-order chi connectivity index (χ0) is 19.3. The van der Waals surface area contributed by atoms with Crippen molar-refractivity contribution in [2.24, 2.45) is 0 Å². The van der Waals surface area contributed by atoms with Gasteiger partial charge in [0, 0.05) is 37.1 Å². The van der Waals surface area contributed by atoms with Gasteiger partial charge < -0.3 is 15.0 Å². The van der Waals surface area contributed by atoms with Gasteiger partial charge in [0.1, 0.15) is 17.2 Å². The summed E-state index contributed by atoms with van der Waals surface area (Å²) in [6.07, 6.45) is 3.58. The first-order valence-corrected chi connectivity index (χ1v) is 10.8. The lowest BCUT2D eigenvalue weighted by molar-refractivity contribution is -0.145. The highest BCUT2D eigenvalue weighted by Gasteiger charge is 2.38. The Kier molecular flexibility index (Phi) is 6.02. The van der Waals surface area contributed by atoms with Crippen LogP contribution in [-0.2, 0) is 20.7 Å². The van der Waals surface area contributed by atoms with Crippen molar-refractivity contribution in [3.63, 3.8) is 0 Å². The van der Waals surface area contributed by atoms with Crippen LogP contribution in [0.3, 0.4) is 0 Å². The fraction of sp³-hybridized carbons (Fsp3) is 0.476. The fourth-order valence-corrected chi connectivity index (χ4v) is 4.69. The molecule has 3 heterocycles. The summed E-state index contributed by atoms with van der Waals surface area (Å²) in [5.74, 6) is -0.0930. The van der Waals surface area contributed by atoms with Crippen molar-refractivity contribution in [3.8, 4) is 10.6 Å². The number of rotatable bonds is 6. The van der Waals surface area contributed by atoms with E-state index in [2.05, 4.69) is 10.3 Å². The molecule has 2 saturated heterocycles. The van der Waals surface area contributed by atoms with Gasteiger partial charge in [-0.2, -0.15) is 0 Å². The Morgan fingerprint density at radius 3 is 2.86 bits per heavy atom. The van der Waals surface area contributed by atoms with Gasteiger partial charge in [-0.25, -0.2) is 4.98 Å². The number of benzene rings is 1. The van der Waals surface area contributed by atoms with Crippen molar-refractivity contribution < 1.29 is 14.3 Å². The number of carbonyl (C=O) groups is 2. The van der Waals surface area contributed by atoms with E-state index >= 15 is 0 Å². The van der Waals surface area contributed by atoms with E-state index in [4.69, 9.17) is 4.74 Å². The molecule has 1 aromatic carbocycles. The molecular weight excluding hydrogens is 374 g/mol. The van der Waals surface area contributed by atoms with E-state index in [9.17, 15) is 9.59 Å². The number of likely N-dealkylation sites (tertiary alicyclic amines) is 1. The van der Waals surface area contributed by atoms with Crippen LogP contribution in [0.15, 0.2) is 35.7 Å². The van der Waals surface area contributed by atoms with Crippen LogP contribution in [0.25, 0.3) is 10.6 Å². The minimum absolute atomic E-state index is 0.0258. The number of aromatic nitrogens is 1. The SMILES string of the molecule is O=C(NCCc1csc(-c2ccccc2)n1)[C@H]1CCCN1C(=O)C1CCCO1. The normalized spacial score (nSPS) is 21.8. The molecule has 2 aromatic rings. The number of carbonyl (C=O) groups excluding carboxylic acids is 2. The zero-order valence-electron chi connectivity index (χ0n) is 15.8. The standard InChI is InChI=1S/C21H25N3O3S/c25-19(17-8-4-12-24(17)21(26)18-9-5-13-27-18)22-11-10-16-14-28-20(23-16)15-6-2-1-3-7-15/h1-3,6-7,14,17-18H,4-5,8-13H2,(H,22,25)/t17-,18?/m1/s1. The smallest absolute Gasteiger partial charge is 0.252 e. The van der Waals surface area contributed by atoms with Gasteiger partial charge in [0.05, 0.1) is 5.69 Å². The molecule has 7 heteroatoms. The second-order valence-corrected chi connectivity index (χ2v) is 8.10. The quantitative estimate of drug-likeness (QED) is 0.811. The minimum atomic E-state index is -0.369. The zero-order valence-corrected chi connectivity index (χ0v) is 16.6. The number of hydrogen-bond donors (Lipinski definition) is 1. The summed E-state index contributed by atoms with van der Waals surface area (Å²) >= 11 is 1.61. The maximum Gasteiger partial charge on any atom is 0.252 e. The molecule has 6 nitrogen and oxygen atoms in total. The molecule has 28 heavy (non-hydrogen) atoms. The van der Waals surface area contributed by atoms with Crippen LogP contribution in [0.1, 0.15) is 31.4 Å². The van der Waals surface area contributed by atoms with E-state index in [0.29, 0.717) is 26.1 Å². The molecule has 0 bridgehead atoms. The summed E-state index contributed by atoms with van der Waals surface area (Å²) in [5, 5.41) is 6.02. The number of nitrogens with one attached hydrogen (secondary N) is 1. The highest BCUT2D eigenvalue weighted by molar-refractivity contribution is 7.13. The maximum atomic E-state index is 12.6. The fourth-order valence-electron chi connectivity index (χ4n) is 3.83.